The number of fused-ring (bicyclic) bond motifs is 2. The van der Waals surface area contributed by atoms with Crippen molar-refractivity contribution in [2.45, 2.75) is 30.6 Å². The SMILES string of the molecule is CNC(=O)c1c(-c2ccc(C)cc2)oc2cc(N(C)S(C)(=O)=O)c([C@H]3CCCN(S(=O)(=O)c4ccc5ncsc5c4)C3)cc12. The molecular formula is C31H32N4O6S3. The van der Waals surface area contributed by atoms with Gasteiger partial charge in [-0.15, -0.1) is 11.3 Å². The second-order valence-electron chi connectivity index (χ2n) is 11.1. The van der Waals surface area contributed by atoms with Crippen LogP contribution in [0, 0.1) is 6.92 Å². The number of anilines is 1. The van der Waals surface area contributed by atoms with E-state index < -0.39 is 20.0 Å². The summed E-state index contributed by atoms with van der Waals surface area (Å²) in [6.07, 6.45) is 2.33. The average molecular weight is 653 g/mol. The Hall–Kier alpha value is -3.78. The van der Waals surface area contributed by atoms with Crippen LogP contribution in [0.5, 0.6) is 0 Å². The van der Waals surface area contributed by atoms with E-state index in [2.05, 4.69) is 10.3 Å². The first-order chi connectivity index (χ1) is 20.9. The highest BCUT2D eigenvalue weighted by Crippen LogP contribution is 2.42. The monoisotopic (exact) mass is 652 g/mol. The minimum absolute atomic E-state index is 0.150. The number of aromatic nitrogens is 1. The molecule has 0 saturated carbocycles. The van der Waals surface area contributed by atoms with Crippen molar-refractivity contribution >= 4 is 64.2 Å². The van der Waals surface area contributed by atoms with Gasteiger partial charge >= 0.3 is 0 Å². The van der Waals surface area contributed by atoms with Crippen molar-refractivity contribution in [1.29, 1.82) is 0 Å². The van der Waals surface area contributed by atoms with E-state index in [0.29, 0.717) is 58.5 Å². The molecule has 0 radical (unpaired) electrons. The van der Waals surface area contributed by atoms with Gasteiger partial charge in [0.15, 0.2) is 0 Å². The zero-order valence-electron chi connectivity index (χ0n) is 24.7. The van der Waals surface area contributed by atoms with Crippen LogP contribution < -0.4 is 9.62 Å². The Morgan fingerprint density at radius 1 is 1.09 bits per heavy atom. The number of carbonyl (C=O) groups is 1. The molecule has 1 aliphatic rings. The van der Waals surface area contributed by atoms with Crippen LogP contribution in [0.2, 0.25) is 0 Å². The molecule has 44 heavy (non-hydrogen) atoms. The molecule has 10 nitrogen and oxygen atoms in total. The molecule has 1 aliphatic heterocycles. The number of carbonyl (C=O) groups excluding carboxylic acids is 1. The van der Waals surface area contributed by atoms with Crippen LogP contribution >= 0.6 is 11.3 Å². The summed E-state index contributed by atoms with van der Waals surface area (Å²) in [4.78, 5) is 17.7. The quantitative estimate of drug-likeness (QED) is 0.251. The number of benzene rings is 3. The van der Waals surface area contributed by atoms with Crippen molar-refractivity contribution in [2.75, 3.05) is 37.7 Å². The molecule has 1 atom stereocenters. The van der Waals surface area contributed by atoms with E-state index in [1.54, 1.807) is 42.9 Å². The molecule has 6 rings (SSSR count). The largest absolute Gasteiger partial charge is 0.455 e. The van der Waals surface area contributed by atoms with Gasteiger partial charge < -0.3 is 9.73 Å². The Morgan fingerprint density at radius 3 is 2.55 bits per heavy atom. The number of nitrogens with zero attached hydrogens (tertiary/aromatic N) is 3. The lowest BCUT2D eigenvalue weighted by molar-refractivity contribution is 0.0964. The number of rotatable bonds is 7. The molecule has 0 bridgehead atoms. The van der Waals surface area contributed by atoms with Gasteiger partial charge in [-0.2, -0.15) is 4.31 Å². The van der Waals surface area contributed by atoms with Gasteiger partial charge in [-0.1, -0.05) is 29.8 Å². The Labute approximate surface area is 260 Å². The van der Waals surface area contributed by atoms with Crippen molar-refractivity contribution in [2.24, 2.45) is 0 Å². The topological polar surface area (TPSA) is 130 Å². The lowest BCUT2D eigenvalue weighted by Crippen LogP contribution is -2.39. The number of hydrogen-bond donors (Lipinski definition) is 1. The van der Waals surface area contributed by atoms with Crippen LogP contribution in [-0.4, -0.2) is 65.5 Å². The summed E-state index contributed by atoms with van der Waals surface area (Å²) in [7, 11) is -4.53. The molecule has 230 valence electrons. The van der Waals surface area contributed by atoms with Crippen molar-refractivity contribution in [3.63, 3.8) is 0 Å². The van der Waals surface area contributed by atoms with Crippen molar-refractivity contribution < 1.29 is 26.0 Å². The fraction of sp³-hybridized carbons (Fsp3) is 0.290. The summed E-state index contributed by atoms with van der Waals surface area (Å²) in [6, 6.07) is 16.0. The smallest absolute Gasteiger partial charge is 0.255 e. The minimum atomic E-state index is -3.84. The molecule has 1 fully saturated rings. The molecule has 1 amide bonds. The fourth-order valence-electron chi connectivity index (χ4n) is 5.75. The van der Waals surface area contributed by atoms with Gasteiger partial charge in [-0.05, 0) is 55.5 Å². The predicted molar refractivity (Wildman–Crippen MR) is 173 cm³/mol. The van der Waals surface area contributed by atoms with Gasteiger partial charge in [0, 0.05) is 44.2 Å². The molecule has 0 aliphatic carbocycles. The standard InChI is InChI=1S/C31H32N4O6S3/c1-19-7-9-20(10-8-19)30-29(31(36)32-2)24-15-23(26(16-27(24)41-30)34(3)43(4,37)38)21-6-5-13-35(17-21)44(39,40)22-11-12-25-28(14-22)42-18-33-25/h7-12,14-16,18,21H,5-6,13,17H2,1-4H3,(H,32,36)/t21-/m0/s1. The third kappa shape index (κ3) is 5.38. The van der Waals surface area contributed by atoms with Crippen LogP contribution in [0.4, 0.5) is 5.69 Å². The number of amides is 1. The summed E-state index contributed by atoms with van der Waals surface area (Å²) in [5.41, 5.74) is 5.87. The molecular weight excluding hydrogens is 621 g/mol. The first kappa shape index (κ1) is 30.3. The Morgan fingerprint density at radius 2 is 1.84 bits per heavy atom. The van der Waals surface area contributed by atoms with Crippen molar-refractivity contribution in [1.82, 2.24) is 14.6 Å². The maximum atomic E-state index is 13.8. The predicted octanol–water partition coefficient (Wildman–Crippen LogP) is 5.34. The van der Waals surface area contributed by atoms with Crippen LogP contribution in [-0.2, 0) is 20.0 Å². The maximum absolute atomic E-state index is 13.8. The van der Waals surface area contributed by atoms with Crippen molar-refractivity contribution in [3.05, 3.63) is 76.8 Å². The van der Waals surface area contributed by atoms with Crippen LogP contribution in [0.15, 0.2) is 69.4 Å². The summed E-state index contributed by atoms with van der Waals surface area (Å²) >= 11 is 1.38. The Bertz CT molecular complexity index is 2120. The van der Waals surface area contributed by atoms with Crippen molar-refractivity contribution in [3.8, 4) is 11.3 Å². The average Bonchev–Trinajstić information content (AvgIpc) is 3.63. The van der Waals surface area contributed by atoms with E-state index in [9.17, 15) is 21.6 Å². The zero-order chi connectivity index (χ0) is 31.4. The van der Waals surface area contributed by atoms with E-state index in [4.69, 9.17) is 4.42 Å². The number of sulfonamides is 2. The van der Waals surface area contributed by atoms with Crippen LogP contribution in [0.1, 0.15) is 40.2 Å². The molecule has 0 unspecified atom stereocenters. The number of piperidine rings is 1. The number of furan rings is 1. The third-order valence-corrected chi connectivity index (χ3v) is 12.1. The maximum Gasteiger partial charge on any atom is 0.255 e. The van der Waals surface area contributed by atoms with E-state index in [1.165, 1.54) is 27.0 Å². The first-order valence-electron chi connectivity index (χ1n) is 14.1. The zero-order valence-corrected chi connectivity index (χ0v) is 27.1. The lowest BCUT2D eigenvalue weighted by atomic mass is 9.89. The normalized spacial score (nSPS) is 16.4. The lowest BCUT2D eigenvalue weighted by Gasteiger charge is -2.34. The minimum Gasteiger partial charge on any atom is -0.455 e. The molecule has 3 heterocycles. The highest BCUT2D eigenvalue weighted by atomic mass is 32.2. The van der Waals surface area contributed by atoms with Gasteiger partial charge in [0.25, 0.3) is 5.91 Å². The Balaban J connectivity index is 1.49. The summed E-state index contributed by atoms with van der Waals surface area (Å²) in [5, 5.41) is 3.23. The van der Waals surface area contributed by atoms with E-state index in [-0.39, 0.29) is 23.3 Å². The second-order valence-corrected chi connectivity index (χ2v) is 15.9. The Kier molecular flexibility index (Phi) is 7.77. The number of nitrogens with one attached hydrogen (secondary N) is 1. The fourth-order valence-corrected chi connectivity index (χ4v) is 8.60. The summed E-state index contributed by atoms with van der Waals surface area (Å²) in [5.74, 6) is -0.318. The van der Waals surface area contributed by atoms with Gasteiger partial charge in [0.2, 0.25) is 20.0 Å². The summed E-state index contributed by atoms with van der Waals surface area (Å²) < 4.78 is 62.9. The van der Waals surface area contributed by atoms with E-state index >= 15 is 0 Å². The number of thiazole rings is 1. The summed E-state index contributed by atoms with van der Waals surface area (Å²) in [6.45, 7) is 2.45. The number of aryl methyl sites for hydroxylation is 1. The third-order valence-electron chi connectivity index (χ3n) is 8.21. The second kappa shape index (κ2) is 11.3. The van der Waals surface area contributed by atoms with Crippen LogP contribution in [0.25, 0.3) is 32.5 Å². The number of hydrogen-bond acceptors (Lipinski definition) is 8. The molecule has 13 heteroatoms. The molecule has 3 aromatic carbocycles. The van der Waals surface area contributed by atoms with Crippen LogP contribution in [0.3, 0.4) is 0 Å². The van der Waals surface area contributed by atoms with E-state index in [0.717, 1.165) is 22.0 Å². The molecule has 1 saturated heterocycles. The molecule has 2 aromatic heterocycles. The molecule has 0 spiro atoms. The molecule has 1 N–H and O–H groups in total. The van der Waals surface area contributed by atoms with Gasteiger partial charge in [-0.25, -0.2) is 21.8 Å². The van der Waals surface area contributed by atoms with E-state index in [1.807, 2.05) is 31.2 Å². The van der Waals surface area contributed by atoms with Gasteiger partial charge in [-0.3, -0.25) is 9.10 Å². The van der Waals surface area contributed by atoms with Gasteiger partial charge in [0.05, 0.1) is 38.1 Å². The highest BCUT2D eigenvalue weighted by Gasteiger charge is 2.34. The highest BCUT2D eigenvalue weighted by molar-refractivity contribution is 7.92. The van der Waals surface area contributed by atoms with Gasteiger partial charge in [0.1, 0.15) is 11.3 Å². The molecule has 5 aromatic rings. The first-order valence-corrected chi connectivity index (χ1v) is 18.2.